The third-order valence-corrected chi connectivity index (χ3v) is 12.9. The highest BCUT2D eigenvalue weighted by atomic mass is 15.0. The van der Waals surface area contributed by atoms with Crippen molar-refractivity contribution in [1.29, 1.82) is 0 Å². The molecular weight excluding hydrogens is 689 g/mol. The molecule has 0 saturated heterocycles. The largest absolute Gasteiger partial charge is 0.309 e. The van der Waals surface area contributed by atoms with E-state index in [1.807, 2.05) is 0 Å². The van der Waals surface area contributed by atoms with Crippen molar-refractivity contribution in [3.05, 3.63) is 229 Å². The molecule has 13 rings (SSSR count). The van der Waals surface area contributed by atoms with Crippen LogP contribution in [-0.4, -0.2) is 9.13 Å². The van der Waals surface area contributed by atoms with Crippen LogP contribution >= 0.6 is 0 Å². The van der Waals surface area contributed by atoms with Crippen molar-refractivity contribution in [1.82, 2.24) is 9.13 Å². The molecule has 0 radical (unpaired) electrons. The Morgan fingerprint density at radius 2 is 0.754 bits per heavy atom. The molecule has 0 fully saturated rings. The van der Waals surface area contributed by atoms with Crippen LogP contribution in [0.4, 0.5) is 0 Å². The van der Waals surface area contributed by atoms with Crippen molar-refractivity contribution in [2.45, 2.75) is 5.41 Å². The summed E-state index contributed by atoms with van der Waals surface area (Å²) in [4.78, 5) is 0. The summed E-state index contributed by atoms with van der Waals surface area (Å²) in [5.41, 5.74) is 19.9. The molecule has 0 amide bonds. The van der Waals surface area contributed by atoms with Gasteiger partial charge in [0.05, 0.1) is 27.5 Å². The molecule has 9 aromatic carbocycles. The van der Waals surface area contributed by atoms with Crippen molar-refractivity contribution >= 4 is 43.6 Å². The Morgan fingerprint density at radius 3 is 1.42 bits per heavy atom. The van der Waals surface area contributed by atoms with Crippen LogP contribution in [0.3, 0.4) is 0 Å². The summed E-state index contributed by atoms with van der Waals surface area (Å²) in [5, 5.41) is 5.02. The van der Waals surface area contributed by atoms with E-state index in [9.17, 15) is 0 Å². The Morgan fingerprint density at radius 1 is 0.263 bits per heavy atom. The van der Waals surface area contributed by atoms with E-state index < -0.39 is 5.41 Å². The lowest BCUT2D eigenvalue weighted by Crippen LogP contribution is -2.25. The standard InChI is InChI=1S/C55H34N2/c1-2-15-35(16-3-1)36-17-14-18-37(31-36)56-51-27-12-7-22-42(51)45-32-38(29-30-53(45)56)57-52-28-13-8-23-43(52)46-33-44-41-21-6-11-26-49(41)55(50(44)34-54(46)57)47-24-9-4-19-39(47)40-20-5-10-25-48(40)55/h1-34H. The maximum absolute atomic E-state index is 2.53. The number of para-hydroxylation sites is 2. The van der Waals surface area contributed by atoms with Crippen LogP contribution in [0.2, 0.25) is 0 Å². The summed E-state index contributed by atoms with van der Waals surface area (Å²) in [7, 11) is 0. The van der Waals surface area contributed by atoms with Gasteiger partial charge in [-0.25, -0.2) is 0 Å². The first-order chi connectivity index (χ1) is 28.3. The average Bonchev–Trinajstić information content (AvgIpc) is 3.98. The summed E-state index contributed by atoms with van der Waals surface area (Å²) in [6.07, 6.45) is 0. The van der Waals surface area contributed by atoms with Gasteiger partial charge in [0.2, 0.25) is 0 Å². The van der Waals surface area contributed by atoms with E-state index in [-0.39, 0.29) is 0 Å². The maximum Gasteiger partial charge on any atom is 0.0726 e. The van der Waals surface area contributed by atoms with E-state index >= 15 is 0 Å². The van der Waals surface area contributed by atoms with Crippen LogP contribution in [0.15, 0.2) is 206 Å². The van der Waals surface area contributed by atoms with Gasteiger partial charge in [-0.15, -0.1) is 0 Å². The smallest absolute Gasteiger partial charge is 0.0726 e. The first kappa shape index (κ1) is 30.9. The number of nitrogens with zero attached hydrogens (tertiary/aromatic N) is 2. The van der Waals surface area contributed by atoms with E-state index in [4.69, 9.17) is 0 Å². The molecule has 11 aromatic rings. The zero-order chi connectivity index (χ0) is 37.2. The van der Waals surface area contributed by atoms with Gasteiger partial charge in [-0.05, 0) is 110 Å². The zero-order valence-electron chi connectivity index (χ0n) is 31.0. The second-order valence-corrected chi connectivity index (χ2v) is 15.6. The SMILES string of the molecule is c1ccc(-c2cccc(-n3c4ccccc4c4cc(-n5c6ccccc6c6cc7c(cc65)C5(c6ccccc6-c6ccccc65)c5ccccc5-7)ccc43)c2)cc1. The van der Waals surface area contributed by atoms with E-state index in [0.29, 0.717) is 0 Å². The molecule has 0 aliphatic heterocycles. The number of rotatable bonds is 3. The van der Waals surface area contributed by atoms with Crippen LogP contribution in [-0.2, 0) is 5.41 Å². The van der Waals surface area contributed by atoms with Crippen LogP contribution in [0, 0.1) is 0 Å². The number of hydrogen-bond acceptors (Lipinski definition) is 0. The zero-order valence-corrected chi connectivity index (χ0v) is 31.0. The van der Waals surface area contributed by atoms with Gasteiger partial charge in [0.15, 0.2) is 0 Å². The molecule has 2 aliphatic carbocycles. The number of benzene rings is 9. The highest BCUT2D eigenvalue weighted by Crippen LogP contribution is 2.63. The normalized spacial score (nSPS) is 13.4. The van der Waals surface area contributed by atoms with Gasteiger partial charge in [-0.1, -0.05) is 152 Å². The molecule has 2 heterocycles. The average molecular weight is 723 g/mol. The van der Waals surface area contributed by atoms with Gasteiger partial charge in [-0.3, -0.25) is 0 Å². The molecule has 264 valence electrons. The van der Waals surface area contributed by atoms with Gasteiger partial charge >= 0.3 is 0 Å². The summed E-state index contributed by atoms with van der Waals surface area (Å²) in [6.45, 7) is 0. The fourth-order valence-corrected chi connectivity index (χ4v) is 10.7. The van der Waals surface area contributed by atoms with Gasteiger partial charge in [0.25, 0.3) is 0 Å². The van der Waals surface area contributed by atoms with Crippen molar-refractivity contribution in [3.63, 3.8) is 0 Å². The van der Waals surface area contributed by atoms with Crippen LogP contribution < -0.4 is 0 Å². The summed E-state index contributed by atoms with van der Waals surface area (Å²) in [6, 6.07) is 76.7. The van der Waals surface area contributed by atoms with Crippen molar-refractivity contribution in [2.24, 2.45) is 0 Å². The van der Waals surface area contributed by atoms with Gasteiger partial charge in [0, 0.05) is 32.9 Å². The Hall–Kier alpha value is -7.42. The third kappa shape index (κ3) is 3.99. The van der Waals surface area contributed by atoms with Gasteiger partial charge < -0.3 is 9.13 Å². The first-order valence-electron chi connectivity index (χ1n) is 19.9. The van der Waals surface area contributed by atoms with Crippen molar-refractivity contribution in [2.75, 3.05) is 0 Å². The molecule has 0 atom stereocenters. The lowest BCUT2D eigenvalue weighted by Gasteiger charge is -2.30. The molecule has 0 bridgehead atoms. The van der Waals surface area contributed by atoms with Gasteiger partial charge in [0.1, 0.15) is 0 Å². The van der Waals surface area contributed by atoms with Gasteiger partial charge in [-0.2, -0.15) is 0 Å². The van der Waals surface area contributed by atoms with Crippen LogP contribution in [0.5, 0.6) is 0 Å². The molecule has 0 saturated carbocycles. The molecule has 2 nitrogen and oxygen atoms in total. The minimum Gasteiger partial charge on any atom is -0.309 e. The summed E-state index contributed by atoms with van der Waals surface area (Å²) >= 11 is 0. The molecule has 0 unspecified atom stereocenters. The third-order valence-electron chi connectivity index (χ3n) is 12.9. The highest BCUT2D eigenvalue weighted by Gasteiger charge is 2.51. The molecular formula is C55H34N2. The second kappa shape index (κ2) is 11.3. The fourth-order valence-electron chi connectivity index (χ4n) is 10.7. The Balaban J connectivity index is 1.09. The van der Waals surface area contributed by atoms with E-state index in [1.165, 1.54) is 99.2 Å². The van der Waals surface area contributed by atoms with Crippen molar-refractivity contribution < 1.29 is 0 Å². The maximum atomic E-state index is 2.53. The van der Waals surface area contributed by atoms with Crippen molar-refractivity contribution in [3.8, 4) is 44.8 Å². The molecule has 57 heavy (non-hydrogen) atoms. The molecule has 0 N–H and O–H groups in total. The predicted molar refractivity (Wildman–Crippen MR) is 237 cm³/mol. The highest BCUT2D eigenvalue weighted by molar-refractivity contribution is 6.14. The topological polar surface area (TPSA) is 9.86 Å². The number of fused-ring (bicyclic) bond motifs is 16. The first-order valence-corrected chi connectivity index (χ1v) is 19.9. The Kier molecular flexibility index (Phi) is 6.13. The predicted octanol–water partition coefficient (Wildman–Crippen LogP) is 13.9. The lowest BCUT2D eigenvalue weighted by molar-refractivity contribution is 0.794. The molecule has 2 heteroatoms. The molecule has 2 aliphatic rings. The van der Waals surface area contributed by atoms with E-state index in [1.54, 1.807) is 0 Å². The number of aromatic nitrogens is 2. The second-order valence-electron chi connectivity index (χ2n) is 15.6. The number of hydrogen-bond donors (Lipinski definition) is 0. The minimum absolute atomic E-state index is 0.403. The quantitative estimate of drug-likeness (QED) is 0.172. The Bertz CT molecular complexity index is 3420. The Labute approximate surface area is 330 Å². The minimum atomic E-state index is -0.403. The summed E-state index contributed by atoms with van der Waals surface area (Å²) < 4.78 is 4.94. The summed E-state index contributed by atoms with van der Waals surface area (Å²) in [5.74, 6) is 0. The van der Waals surface area contributed by atoms with Crippen LogP contribution in [0.1, 0.15) is 22.3 Å². The fraction of sp³-hybridized carbons (Fsp3) is 0.0182. The monoisotopic (exact) mass is 722 g/mol. The van der Waals surface area contributed by atoms with E-state index in [0.717, 1.165) is 11.4 Å². The molecule has 2 aromatic heterocycles. The van der Waals surface area contributed by atoms with E-state index in [2.05, 4.69) is 215 Å². The molecule has 1 spiro atoms. The van der Waals surface area contributed by atoms with Crippen LogP contribution in [0.25, 0.3) is 88.4 Å². The lowest BCUT2D eigenvalue weighted by atomic mass is 9.70.